The quantitative estimate of drug-likeness (QED) is 0.552. The summed E-state index contributed by atoms with van der Waals surface area (Å²) < 4.78 is 4.99. The van der Waals surface area contributed by atoms with Gasteiger partial charge >= 0.3 is 5.97 Å². The van der Waals surface area contributed by atoms with Gasteiger partial charge in [0.2, 0.25) is 0 Å². The number of allylic oxidation sites excluding steroid dienone is 4. The van der Waals surface area contributed by atoms with Crippen molar-refractivity contribution >= 4 is 17.5 Å². The topological polar surface area (TPSA) is 60.4 Å². The number of rotatable bonds is 3. The lowest BCUT2D eigenvalue weighted by Crippen LogP contribution is -2.48. The van der Waals surface area contributed by atoms with Gasteiger partial charge in [-0.2, -0.15) is 0 Å². The molecule has 0 aromatic carbocycles. The molecule has 2 fully saturated rings. The first-order valence-corrected chi connectivity index (χ1v) is 10.4. The highest BCUT2D eigenvalue weighted by molar-refractivity contribution is 5.91. The molecule has 0 unspecified atom stereocenters. The summed E-state index contributed by atoms with van der Waals surface area (Å²) in [5.74, 6) is 0.985. The van der Waals surface area contributed by atoms with Gasteiger partial charge < -0.3 is 4.74 Å². The average Bonchev–Trinajstić information content (AvgIpc) is 2.97. The fourth-order valence-electron chi connectivity index (χ4n) is 6.65. The minimum atomic E-state index is -0.394. The van der Waals surface area contributed by atoms with Crippen LogP contribution in [-0.4, -0.2) is 24.1 Å². The number of hydrogen-bond acceptors (Lipinski definition) is 4. The van der Waals surface area contributed by atoms with E-state index in [2.05, 4.69) is 19.9 Å². The summed E-state index contributed by atoms with van der Waals surface area (Å²) in [6.45, 7) is 5.86. The van der Waals surface area contributed by atoms with Gasteiger partial charge in [0, 0.05) is 19.3 Å². The molecular weight excluding hydrogens is 340 g/mol. The molecule has 27 heavy (non-hydrogen) atoms. The summed E-state index contributed by atoms with van der Waals surface area (Å²) in [5, 5.41) is 0. The fraction of sp³-hybridized carbons (Fsp3) is 0.696. The standard InChI is InChI=1S/C23H30O4/c1-14(24)27-13-21(26)20-7-6-18-17-5-4-15-12-16(25)8-10-22(15,2)19(17)9-11-23(18,20)3/h6,12,17,19-20H,4-5,7-11,13H2,1-3H3/t17-,19-,20+,22-,23-/m0/s1. The van der Waals surface area contributed by atoms with E-state index >= 15 is 0 Å². The number of Topliss-reactive ketones (excluding diaryl/α,β-unsaturated/α-hetero) is 1. The summed E-state index contributed by atoms with van der Waals surface area (Å²) in [4.78, 5) is 35.7. The summed E-state index contributed by atoms with van der Waals surface area (Å²) >= 11 is 0. The molecule has 0 amide bonds. The van der Waals surface area contributed by atoms with E-state index < -0.39 is 5.97 Å². The van der Waals surface area contributed by atoms with E-state index in [0.717, 1.165) is 38.5 Å². The van der Waals surface area contributed by atoms with Crippen LogP contribution in [0.4, 0.5) is 0 Å². The number of carbonyl (C=O) groups excluding carboxylic acids is 3. The van der Waals surface area contributed by atoms with Crippen LogP contribution in [0.2, 0.25) is 0 Å². The zero-order valence-electron chi connectivity index (χ0n) is 16.7. The van der Waals surface area contributed by atoms with Crippen LogP contribution in [0.1, 0.15) is 65.7 Å². The Kier molecular flexibility index (Phi) is 4.44. The number of ether oxygens (including phenoxy) is 1. The minimum absolute atomic E-state index is 0.0586. The molecule has 0 bridgehead atoms. The monoisotopic (exact) mass is 370 g/mol. The zero-order valence-corrected chi connectivity index (χ0v) is 16.7. The van der Waals surface area contributed by atoms with Crippen LogP contribution in [0.15, 0.2) is 23.3 Å². The number of esters is 1. The van der Waals surface area contributed by atoms with Crippen molar-refractivity contribution in [2.45, 2.75) is 65.7 Å². The van der Waals surface area contributed by atoms with Crippen molar-refractivity contribution in [3.63, 3.8) is 0 Å². The van der Waals surface area contributed by atoms with Crippen molar-refractivity contribution in [3.05, 3.63) is 23.3 Å². The van der Waals surface area contributed by atoms with Crippen LogP contribution >= 0.6 is 0 Å². The fourth-order valence-corrected chi connectivity index (χ4v) is 6.65. The molecule has 4 heteroatoms. The number of fused-ring (bicyclic) bond motifs is 5. The van der Waals surface area contributed by atoms with Crippen LogP contribution < -0.4 is 0 Å². The van der Waals surface area contributed by atoms with Crippen molar-refractivity contribution in [3.8, 4) is 0 Å². The first-order chi connectivity index (χ1) is 12.8. The first kappa shape index (κ1) is 18.6. The molecule has 4 rings (SSSR count). The van der Waals surface area contributed by atoms with Gasteiger partial charge in [0.05, 0.1) is 0 Å². The van der Waals surface area contributed by atoms with E-state index in [1.807, 2.05) is 6.08 Å². The van der Waals surface area contributed by atoms with Gasteiger partial charge in [-0.3, -0.25) is 14.4 Å². The highest BCUT2D eigenvalue weighted by atomic mass is 16.5. The third kappa shape index (κ3) is 2.83. The van der Waals surface area contributed by atoms with Crippen molar-refractivity contribution in [2.24, 2.45) is 28.6 Å². The Morgan fingerprint density at radius 1 is 1.15 bits per heavy atom. The van der Waals surface area contributed by atoms with Gasteiger partial charge in [-0.25, -0.2) is 0 Å². The molecule has 5 atom stereocenters. The Morgan fingerprint density at radius 3 is 2.67 bits per heavy atom. The lowest BCUT2D eigenvalue weighted by molar-refractivity contribution is -0.148. The number of carbonyl (C=O) groups is 3. The second-order valence-electron chi connectivity index (χ2n) is 9.46. The molecule has 0 aliphatic heterocycles. The third-order valence-electron chi connectivity index (χ3n) is 8.17. The molecular formula is C23H30O4. The highest BCUT2D eigenvalue weighted by Crippen LogP contribution is 2.64. The van der Waals surface area contributed by atoms with Gasteiger partial charge in [-0.05, 0) is 67.3 Å². The maximum atomic E-state index is 12.7. The number of ketones is 2. The van der Waals surface area contributed by atoms with Gasteiger partial charge in [-0.1, -0.05) is 31.1 Å². The summed E-state index contributed by atoms with van der Waals surface area (Å²) in [7, 11) is 0. The SMILES string of the molecule is CC(=O)OCC(=O)[C@H]1CC=C2[C@@H]3CCC4=CC(=O)CC[C@]4(C)[C@H]3CC[C@@]21C. The first-order valence-electron chi connectivity index (χ1n) is 10.4. The molecule has 0 aromatic heterocycles. The maximum absolute atomic E-state index is 12.7. The van der Waals surface area contributed by atoms with Crippen molar-refractivity contribution in [1.82, 2.24) is 0 Å². The van der Waals surface area contributed by atoms with Crippen LogP contribution in [0.3, 0.4) is 0 Å². The van der Waals surface area contributed by atoms with Crippen molar-refractivity contribution in [2.75, 3.05) is 6.61 Å². The summed E-state index contributed by atoms with van der Waals surface area (Å²) in [6, 6.07) is 0. The van der Waals surface area contributed by atoms with Crippen LogP contribution in [0.5, 0.6) is 0 Å². The summed E-state index contributed by atoms with van der Waals surface area (Å²) in [5.41, 5.74) is 2.88. The Morgan fingerprint density at radius 2 is 1.93 bits per heavy atom. The lowest BCUT2D eigenvalue weighted by Gasteiger charge is -2.56. The third-order valence-corrected chi connectivity index (χ3v) is 8.17. The summed E-state index contributed by atoms with van der Waals surface area (Å²) in [6.07, 6.45) is 10.9. The molecule has 0 radical (unpaired) electrons. The molecule has 4 aliphatic rings. The van der Waals surface area contributed by atoms with Crippen LogP contribution in [0, 0.1) is 28.6 Å². The normalized spacial score (nSPS) is 40.3. The Bertz CT molecular complexity index is 760. The van der Waals surface area contributed by atoms with Crippen LogP contribution in [0.25, 0.3) is 0 Å². The minimum Gasteiger partial charge on any atom is -0.458 e. The van der Waals surface area contributed by atoms with E-state index in [0.29, 0.717) is 18.3 Å². The van der Waals surface area contributed by atoms with Gasteiger partial charge in [-0.15, -0.1) is 0 Å². The predicted octanol–water partition coefficient (Wildman–Crippen LogP) is 4.19. The van der Waals surface area contributed by atoms with E-state index in [1.165, 1.54) is 18.1 Å². The smallest absolute Gasteiger partial charge is 0.303 e. The Labute approximate surface area is 161 Å². The van der Waals surface area contributed by atoms with Gasteiger partial charge in [0.25, 0.3) is 0 Å². The highest BCUT2D eigenvalue weighted by Gasteiger charge is 2.56. The average molecular weight is 370 g/mol. The molecule has 0 aromatic rings. The van der Waals surface area contributed by atoms with Crippen LogP contribution in [-0.2, 0) is 19.1 Å². The van der Waals surface area contributed by atoms with E-state index in [1.54, 1.807) is 0 Å². The maximum Gasteiger partial charge on any atom is 0.303 e. The molecule has 0 spiro atoms. The van der Waals surface area contributed by atoms with E-state index in [4.69, 9.17) is 4.74 Å². The molecule has 4 nitrogen and oxygen atoms in total. The van der Waals surface area contributed by atoms with Crippen molar-refractivity contribution in [1.29, 1.82) is 0 Å². The van der Waals surface area contributed by atoms with E-state index in [9.17, 15) is 14.4 Å². The molecule has 146 valence electrons. The Balaban J connectivity index is 1.57. The molecule has 2 saturated carbocycles. The van der Waals surface area contributed by atoms with Crippen molar-refractivity contribution < 1.29 is 19.1 Å². The largest absolute Gasteiger partial charge is 0.458 e. The second kappa shape index (κ2) is 6.42. The zero-order chi connectivity index (χ0) is 19.4. The predicted molar refractivity (Wildman–Crippen MR) is 102 cm³/mol. The number of hydrogen-bond donors (Lipinski definition) is 0. The molecule has 0 saturated heterocycles. The lowest BCUT2D eigenvalue weighted by atomic mass is 9.48. The molecule has 0 N–H and O–H groups in total. The van der Waals surface area contributed by atoms with Gasteiger partial charge in [0.15, 0.2) is 11.6 Å². The second-order valence-corrected chi connectivity index (χ2v) is 9.46. The van der Waals surface area contributed by atoms with Gasteiger partial charge in [0.1, 0.15) is 6.61 Å². The Hall–Kier alpha value is -1.71. The van der Waals surface area contributed by atoms with E-state index in [-0.39, 0.29) is 34.9 Å². The molecule has 4 aliphatic carbocycles. The molecule has 0 heterocycles.